The van der Waals surface area contributed by atoms with E-state index in [0.717, 1.165) is 12.1 Å². The van der Waals surface area contributed by atoms with Crippen LogP contribution in [0.25, 0.3) is 0 Å². The van der Waals surface area contributed by atoms with Crippen LogP contribution in [-0.4, -0.2) is 29.2 Å². The molecule has 1 atom stereocenters. The average Bonchev–Trinajstić information content (AvgIpc) is 2.92. The molecule has 2 rings (SSSR count). The lowest BCUT2D eigenvalue weighted by molar-refractivity contribution is -0.118. The molecule has 124 valence electrons. The van der Waals surface area contributed by atoms with Crippen molar-refractivity contribution < 1.29 is 18.4 Å². The largest absolute Gasteiger partial charge is 0.345 e. The van der Waals surface area contributed by atoms with E-state index < -0.39 is 22.3 Å². The number of hydrogen-bond donors (Lipinski definition) is 2. The van der Waals surface area contributed by atoms with Crippen molar-refractivity contribution in [2.75, 3.05) is 16.9 Å². The third kappa shape index (κ3) is 5.51. The molecule has 0 saturated carbocycles. The number of nitrogens with zero attached hydrogens (tertiary/aromatic N) is 2. The van der Waals surface area contributed by atoms with Gasteiger partial charge < -0.3 is 10.6 Å². The van der Waals surface area contributed by atoms with E-state index in [1.54, 1.807) is 6.92 Å². The Balaban J connectivity index is 1.81. The number of amides is 2. The van der Waals surface area contributed by atoms with Gasteiger partial charge in [-0.2, -0.15) is 5.10 Å². The number of anilines is 1. The first-order valence-electron chi connectivity index (χ1n) is 6.87. The quantitative estimate of drug-likeness (QED) is 0.633. The van der Waals surface area contributed by atoms with Crippen molar-refractivity contribution in [3.05, 3.63) is 29.8 Å². The monoisotopic (exact) mass is 342 g/mol. The summed E-state index contributed by atoms with van der Waals surface area (Å²) in [5, 5.41) is 9.17. The van der Waals surface area contributed by atoms with Crippen molar-refractivity contribution in [2.24, 2.45) is 9.57 Å². The zero-order chi connectivity index (χ0) is 16.8. The molecule has 2 N–H and O–H groups in total. The smallest absolute Gasteiger partial charge is 0.231 e. The molecule has 1 aromatic carbocycles. The normalized spacial score (nSPS) is 18.1. The molecule has 0 aromatic heterocycles. The van der Waals surface area contributed by atoms with E-state index in [1.807, 2.05) is 0 Å². The maximum absolute atomic E-state index is 13.0. The van der Waals surface area contributed by atoms with E-state index in [1.165, 1.54) is 6.07 Å². The van der Waals surface area contributed by atoms with Gasteiger partial charge in [-0.1, -0.05) is 0 Å². The summed E-state index contributed by atoms with van der Waals surface area (Å²) in [4.78, 5) is 22.8. The number of hydrogen-bond acceptors (Lipinski definition) is 3. The highest BCUT2D eigenvalue weighted by molar-refractivity contribution is 7.88. The van der Waals surface area contributed by atoms with Gasteiger partial charge in [-0.25, -0.2) is 8.78 Å². The van der Waals surface area contributed by atoms with Gasteiger partial charge in [-0.3, -0.25) is 9.59 Å². The summed E-state index contributed by atoms with van der Waals surface area (Å²) in [6.07, 6.45) is 0.534. The van der Waals surface area contributed by atoms with Gasteiger partial charge in [0.15, 0.2) is 11.6 Å². The van der Waals surface area contributed by atoms with Crippen LogP contribution < -0.4 is 10.6 Å². The molecule has 0 bridgehead atoms. The van der Waals surface area contributed by atoms with Crippen LogP contribution in [0.15, 0.2) is 27.8 Å². The molecule has 1 saturated heterocycles. The molecule has 1 aromatic rings. The molecule has 1 fully saturated rings. The van der Waals surface area contributed by atoms with Crippen molar-refractivity contribution >= 4 is 33.9 Å². The van der Waals surface area contributed by atoms with Gasteiger partial charge in [0, 0.05) is 23.9 Å². The maximum Gasteiger partial charge on any atom is 0.231 e. The van der Waals surface area contributed by atoms with Crippen LogP contribution in [0, 0.1) is 11.6 Å². The third-order valence-electron chi connectivity index (χ3n) is 2.98. The molecular weight excluding hydrogens is 326 g/mol. The van der Waals surface area contributed by atoms with Crippen LogP contribution in [0.1, 0.15) is 19.8 Å². The molecule has 6 nitrogen and oxygen atoms in total. The number of nitrogens with one attached hydrogen (secondary N) is 2. The fourth-order valence-electron chi connectivity index (χ4n) is 1.74. The van der Waals surface area contributed by atoms with E-state index in [9.17, 15) is 18.4 Å². The second kappa shape index (κ2) is 7.91. The second-order valence-corrected chi connectivity index (χ2v) is 6.61. The first-order valence-corrected chi connectivity index (χ1v) is 8.39. The Hall–Kier alpha value is -2.16. The van der Waals surface area contributed by atoms with E-state index in [0.29, 0.717) is 23.8 Å². The Morgan fingerprint density at radius 3 is 2.78 bits per heavy atom. The van der Waals surface area contributed by atoms with Crippen LogP contribution >= 0.6 is 0 Å². The van der Waals surface area contributed by atoms with Crippen LogP contribution in [0.5, 0.6) is 0 Å². The number of rotatable bonds is 5. The second-order valence-electron chi connectivity index (χ2n) is 4.94. The Bertz CT molecular complexity index is 691. The van der Waals surface area contributed by atoms with E-state index in [4.69, 9.17) is 0 Å². The predicted octanol–water partition coefficient (Wildman–Crippen LogP) is 1.95. The molecule has 1 aliphatic rings. The molecule has 2 amide bonds. The summed E-state index contributed by atoms with van der Waals surface area (Å²) in [5.41, 5.74) is 0.863. The van der Waals surface area contributed by atoms with E-state index in [2.05, 4.69) is 20.2 Å². The fraction of sp³-hybridized carbons (Fsp3) is 0.357. The highest BCUT2D eigenvalue weighted by Crippen LogP contribution is 2.13. The molecule has 0 radical (unpaired) electrons. The van der Waals surface area contributed by atoms with Crippen LogP contribution in [-0.2, 0) is 20.3 Å². The zero-order valence-electron chi connectivity index (χ0n) is 12.4. The minimum absolute atomic E-state index is 0.0316. The lowest BCUT2D eigenvalue weighted by Crippen LogP contribution is -2.14. The standard InChI is InChI=1S/C14H16F2N4O2S/c1-9(19-20-23-7-14(22)17-8-23)2-5-13(21)18-10-3-4-11(15)12(16)6-10/h3-4,6H,2,5,7-8H2,1H3,(H,17,22)(H,18,21)/b19-9+. The molecule has 1 unspecified atom stereocenters. The van der Waals surface area contributed by atoms with Crippen LogP contribution in [0.3, 0.4) is 0 Å². The Labute approximate surface area is 134 Å². The summed E-state index contributed by atoms with van der Waals surface area (Å²) >= 11 is 0. The third-order valence-corrected chi connectivity index (χ3v) is 4.36. The summed E-state index contributed by atoms with van der Waals surface area (Å²) in [6.45, 7) is 1.74. The molecule has 23 heavy (non-hydrogen) atoms. The van der Waals surface area contributed by atoms with E-state index in [-0.39, 0.29) is 23.9 Å². The first-order chi connectivity index (χ1) is 10.9. The molecule has 0 spiro atoms. The summed E-state index contributed by atoms with van der Waals surface area (Å²) in [6, 6.07) is 3.17. The average molecular weight is 342 g/mol. The molecule has 1 heterocycles. The van der Waals surface area contributed by atoms with Crippen LogP contribution in [0.2, 0.25) is 0 Å². The SMILES string of the molecule is C/C(CCC(=O)Nc1ccc(F)c(F)c1)=N\N=S1/CNC(=O)C1. The Morgan fingerprint density at radius 1 is 1.35 bits per heavy atom. The summed E-state index contributed by atoms with van der Waals surface area (Å²) in [7, 11) is -0.430. The number of benzene rings is 1. The van der Waals surface area contributed by atoms with Gasteiger partial charge in [0.2, 0.25) is 11.8 Å². The van der Waals surface area contributed by atoms with Gasteiger partial charge in [-0.15, -0.1) is 4.47 Å². The lowest BCUT2D eigenvalue weighted by atomic mass is 10.2. The van der Waals surface area contributed by atoms with Gasteiger partial charge in [0.1, 0.15) is 0 Å². The summed E-state index contributed by atoms with van der Waals surface area (Å²) < 4.78 is 29.9. The molecular formula is C14H16F2N4O2S. The molecule has 0 aliphatic carbocycles. The minimum Gasteiger partial charge on any atom is -0.345 e. The fourth-order valence-corrected chi connectivity index (χ4v) is 2.95. The van der Waals surface area contributed by atoms with E-state index >= 15 is 0 Å². The molecule has 1 aliphatic heterocycles. The topological polar surface area (TPSA) is 82.9 Å². The minimum atomic E-state index is -1.01. The maximum atomic E-state index is 13.0. The van der Waals surface area contributed by atoms with Crippen LogP contribution in [0.4, 0.5) is 14.5 Å². The predicted molar refractivity (Wildman–Crippen MR) is 85.0 cm³/mol. The Kier molecular flexibility index (Phi) is 5.91. The van der Waals surface area contributed by atoms with Gasteiger partial charge in [0.25, 0.3) is 0 Å². The highest BCUT2D eigenvalue weighted by atomic mass is 32.2. The number of carbonyl (C=O) groups excluding carboxylic acids is 2. The molecule has 9 heteroatoms. The zero-order valence-corrected chi connectivity index (χ0v) is 13.3. The highest BCUT2D eigenvalue weighted by Gasteiger charge is 2.14. The van der Waals surface area contributed by atoms with Crippen molar-refractivity contribution in [1.82, 2.24) is 5.32 Å². The van der Waals surface area contributed by atoms with Crippen molar-refractivity contribution in [2.45, 2.75) is 19.8 Å². The van der Waals surface area contributed by atoms with Gasteiger partial charge in [-0.05, 0) is 36.2 Å². The van der Waals surface area contributed by atoms with Crippen molar-refractivity contribution in [1.29, 1.82) is 0 Å². The van der Waals surface area contributed by atoms with Crippen molar-refractivity contribution in [3.63, 3.8) is 0 Å². The number of carbonyl (C=O) groups is 2. The first kappa shape index (κ1) is 17.2. The lowest BCUT2D eigenvalue weighted by Gasteiger charge is -2.05. The van der Waals surface area contributed by atoms with Crippen molar-refractivity contribution in [3.8, 4) is 0 Å². The Morgan fingerprint density at radius 2 is 2.13 bits per heavy atom. The van der Waals surface area contributed by atoms with Gasteiger partial charge in [0.05, 0.1) is 11.6 Å². The van der Waals surface area contributed by atoms with Gasteiger partial charge >= 0.3 is 0 Å². The summed E-state index contributed by atoms with van der Waals surface area (Å²) in [5.74, 6) is -1.48. The number of halogens is 2.